The lowest BCUT2D eigenvalue weighted by atomic mass is 9.87. The van der Waals surface area contributed by atoms with E-state index in [2.05, 4.69) is 4.98 Å². The number of ether oxygens (including phenoxy) is 2. The molecular formula is C26H25Cl2NO5. The molecule has 0 saturated carbocycles. The number of aromatic hydroxyl groups is 1. The minimum absolute atomic E-state index is 0.135. The first-order chi connectivity index (χ1) is 16.2. The molecule has 1 heterocycles. The molecule has 178 valence electrons. The molecule has 2 atom stereocenters. The summed E-state index contributed by atoms with van der Waals surface area (Å²) in [5, 5.41) is 11.4. The van der Waals surface area contributed by atoms with Crippen LogP contribution in [0.25, 0.3) is 0 Å². The number of rotatable bonds is 9. The highest BCUT2D eigenvalue weighted by Crippen LogP contribution is 2.33. The summed E-state index contributed by atoms with van der Waals surface area (Å²) >= 11 is 12.1. The van der Waals surface area contributed by atoms with Gasteiger partial charge in [0.1, 0.15) is 6.10 Å². The number of aromatic nitrogens is 1. The number of ketones is 1. The highest BCUT2D eigenvalue weighted by Gasteiger charge is 2.29. The highest BCUT2D eigenvalue weighted by molar-refractivity contribution is 6.30. The van der Waals surface area contributed by atoms with Gasteiger partial charge in [-0.2, -0.15) is 0 Å². The van der Waals surface area contributed by atoms with E-state index in [1.807, 2.05) is 24.3 Å². The van der Waals surface area contributed by atoms with E-state index in [0.29, 0.717) is 10.0 Å². The zero-order valence-electron chi connectivity index (χ0n) is 19.0. The summed E-state index contributed by atoms with van der Waals surface area (Å²) in [4.78, 5) is 29.5. The van der Waals surface area contributed by atoms with Crippen molar-refractivity contribution in [3.63, 3.8) is 0 Å². The molecule has 0 unspecified atom stereocenters. The maximum Gasteiger partial charge on any atom is 0.309 e. The molecule has 1 aromatic heterocycles. The number of halogens is 2. The van der Waals surface area contributed by atoms with Crippen molar-refractivity contribution in [2.24, 2.45) is 5.92 Å². The molecular weight excluding hydrogens is 477 g/mol. The van der Waals surface area contributed by atoms with E-state index in [0.717, 1.165) is 11.1 Å². The van der Waals surface area contributed by atoms with Crippen LogP contribution in [0.2, 0.25) is 10.0 Å². The number of hydrogen-bond acceptors (Lipinski definition) is 6. The minimum atomic E-state index is -0.751. The SMILES string of the molecule is COc1ccnc(C(=O)C[C@@H](C)C(=O)O[C@@H](C)C(c2ccc(Cl)cc2)c2ccc(Cl)cc2)c1O. The average Bonchev–Trinajstić information content (AvgIpc) is 2.81. The largest absolute Gasteiger partial charge is 0.503 e. The Morgan fingerprint density at radius 3 is 1.97 bits per heavy atom. The molecule has 0 aliphatic carbocycles. The molecule has 0 bridgehead atoms. The van der Waals surface area contributed by atoms with Crippen LogP contribution in [0.3, 0.4) is 0 Å². The van der Waals surface area contributed by atoms with Gasteiger partial charge in [-0.3, -0.25) is 9.59 Å². The number of hydrogen-bond donors (Lipinski definition) is 1. The monoisotopic (exact) mass is 501 g/mol. The number of benzene rings is 2. The highest BCUT2D eigenvalue weighted by atomic mass is 35.5. The van der Waals surface area contributed by atoms with Gasteiger partial charge in [0.15, 0.2) is 23.0 Å². The lowest BCUT2D eigenvalue weighted by Crippen LogP contribution is -2.28. The molecule has 3 rings (SSSR count). The Hall–Kier alpha value is -3.09. The van der Waals surface area contributed by atoms with Gasteiger partial charge in [0.25, 0.3) is 0 Å². The summed E-state index contributed by atoms with van der Waals surface area (Å²) in [6.45, 7) is 3.40. The molecule has 0 radical (unpaired) electrons. The van der Waals surface area contributed by atoms with Crippen molar-refractivity contribution in [3.05, 3.63) is 87.7 Å². The fraction of sp³-hybridized carbons (Fsp3) is 0.269. The van der Waals surface area contributed by atoms with Crippen molar-refractivity contribution in [2.75, 3.05) is 7.11 Å². The molecule has 0 amide bonds. The first kappa shape index (κ1) is 25.5. The van der Waals surface area contributed by atoms with Crippen molar-refractivity contribution in [3.8, 4) is 11.5 Å². The van der Waals surface area contributed by atoms with Gasteiger partial charge < -0.3 is 14.6 Å². The number of esters is 1. The smallest absolute Gasteiger partial charge is 0.309 e. The van der Waals surface area contributed by atoms with E-state index in [9.17, 15) is 14.7 Å². The van der Waals surface area contributed by atoms with Gasteiger partial charge in [0.05, 0.1) is 13.0 Å². The van der Waals surface area contributed by atoms with E-state index in [1.54, 1.807) is 38.1 Å². The van der Waals surface area contributed by atoms with Crippen molar-refractivity contribution in [1.82, 2.24) is 4.98 Å². The molecule has 0 saturated heterocycles. The van der Waals surface area contributed by atoms with Crippen LogP contribution in [-0.4, -0.2) is 35.1 Å². The van der Waals surface area contributed by atoms with Gasteiger partial charge in [0, 0.05) is 34.6 Å². The van der Waals surface area contributed by atoms with Crippen molar-refractivity contribution in [1.29, 1.82) is 0 Å². The minimum Gasteiger partial charge on any atom is -0.503 e. The zero-order valence-corrected chi connectivity index (χ0v) is 20.5. The number of methoxy groups -OCH3 is 1. The van der Waals surface area contributed by atoms with Gasteiger partial charge in [-0.1, -0.05) is 54.4 Å². The fourth-order valence-electron chi connectivity index (χ4n) is 3.71. The van der Waals surface area contributed by atoms with Crippen LogP contribution in [-0.2, 0) is 9.53 Å². The molecule has 34 heavy (non-hydrogen) atoms. The van der Waals surface area contributed by atoms with Crippen molar-refractivity contribution >= 4 is 35.0 Å². The second kappa shape index (κ2) is 11.4. The standard InChI is InChI=1S/C26H25Cl2NO5/c1-15(14-21(30)24-25(31)22(33-3)12-13-29-24)26(32)34-16(2)23(17-4-8-19(27)9-5-17)18-6-10-20(28)11-7-18/h4-13,15-16,23,31H,14H2,1-3H3/t15-,16+/m1/s1. The van der Waals surface area contributed by atoms with Crippen molar-refractivity contribution < 1.29 is 24.2 Å². The van der Waals surface area contributed by atoms with Gasteiger partial charge in [-0.15, -0.1) is 0 Å². The number of carbonyl (C=O) groups is 2. The Kier molecular flexibility index (Phi) is 8.53. The third kappa shape index (κ3) is 6.07. The number of nitrogens with zero attached hydrogens (tertiary/aromatic N) is 1. The van der Waals surface area contributed by atoms with Crippen LogP contribution < -0.4 is 4.74 Å². The molecule has 0 spiro atoms. The number of Topliss-reactive ketones (excluding diaryl/α,β-unsaturated/α-hetero) is 1. The first-order valence-corrected chi connectivity index (χ1v) is 11.4. The van der Waals surface area contributed by atoms with Crippen molar-refractivity contribution in [2.45, 2.75) is 32.3 Å². The van der Waals surface area contributed by atoms with Gasteiger partial charge in [-0.25, -0.2) is 4.98 Å². The van der Waals surface area contributed by atoms with Gasteiger partial charge >= 0.3 is 5.97 Å². The third-order valence-electron chi connectivity index (χ3n) is 5.49. The molecule has 3 aromatic rings. The van der Waals surface area contributed by atoms with Crippen LogP contribution in [0, 0.1) is 5.92 Å². The van der Waals surface area contributed by atoms with E-state index in [4.69, 9.17) is 32.7 Å². The van der Waals surface area contributed by atoms with E-state index < -0.39 is 23.8 Å². The predicted octanol–water partition coefficient (Wildman–Crippen LogP) is 6.08. The summed E-state index contributed by atoms with van der Waals surface area (Å²) in [6, 6.07) is 16.1. The Morgan fingerprint density at radius 2 is 1.47 bits per heavy atom. The van der Waals surface area contributed by atoms with Crippen LogP contribution in [0.5, 0.6) is 11.5 Å². The zero-order chi connectivity index (χ0) is 24.8. The summed E-state index contributed by atoms with van der Waals surface area (Å²) < 4.78 is 10.8. The number of carbonyl (C=O) groups excluding carboxylic acids is 2. The summed E-state index contributed by atoms with van der Waals surface area (Å²) in [6.07, 6.45) is 0.640. The number of pyridine rings is 1. The lowest BCUT2D eigenvalue weighted by Gasteiger charge is -2.26. The third-order valence-corrected chi connectivity index (χ3v) is 6.00. The summed E-state index contributed by atoms with van der Waals surface area (Å²) in [5.74, 6) is -2.26. The fourth-order valence-corrected chi connectivity index (χ4v) is 3.96. The Labute approximate surface area is 208 Å². The Balaban J connectivity index is 1.76. The van der Waals surface area contributed by atoms with E-state index in [-0.39, 0.29) is 29.5 Å². The quantitative estimate of drug-likeness (QED) is 0.282. The van der Waals surface area contributed by atoms with Crippen LogP contribution >= 0.6 is 23.2 Å². The molecule has 6 nitrogen and oxygen atoms in total. The van der Waals surface area contributed by atoms with Gasteiger partial charge in [-0.05, 0) is 42.3 Å². The molecule has 1 N–H and O–H groups in total. The molecule has 0 fully saturated rings. The maximum atomic E-state index is 12.9. The molecule has 8 heteroatoms. The second-order valence-electron chi connectivity index (χ2n) is 7.96. The predicted molar refractivity (Wildman–Crippen MR) is 131 cm³/mol. The summed E-state index contributed by atoms with van der Waals surface area (Å²) in [7, 11) is 1.38. The van der Waals surface area contributed by atoms with Crippen LogP contribution in [0.15, 0.2) is 60.8 Å². The maximum absolute atomic E-state index is 12.9. The van der Waals surface area contributed by atoms with Crippen LogP contribution in [0.1, 0.15) is 47.8 Å². The normalized spacial score (nSPS) is 12.8. The summed E-state index contributed by atoms with van der Waals surface area (Å²) in [5.41, 5.74) is 1.69. The Morgan fingerprint density at radius 1 is 0.941 bits per heavy atom. The molecule has 0 aliphatic heterocycles. The molecule has 2 aromatic carbocycles. The van der Waals surface area contributed by atoms with Gasteiger partial charge in [0.2, 0.25) is 0 Å². The lowest BCUT2D eigenvalue weighted by molar-refractivity contribution is -0.153. The van der Waals surface area contributed by atoms with Crippen LogP contribution in [0.4, 0.5) is 0 Å². The first-order valence-electron chi connectivity index (χ1n) is 10.7. The van der Waals surface area contributed by atoms with E-state index in [1.165, 1.54) is 19.4 Å². The topological polar surface area (TPSA) is 85.7 Å². The average molecular weight is 502 g/mol. The van der Waals surface area contributed by atoms with E-state index >= 15 is 0 Å². The Bertz CT molecular complexity index is 1100. The second-order valence-corrected chi connectivity index (χ2v) is 8.83. The molecule has 0 aliphatic rings.